The Morgan fingerprint density at radius 2 is 1.35 bits per heavy atom. The lowest BCUT2D eigenvalue weighted by Gasteiger charge is -2.17. The zero-order chi connectivity index (χ0) is 18.4. The number of hydrogen-bond donors (Lipinski definition) is 1. The number of primary amides is 1. The first-order valence-corrected chi connectivity index (χ1v) is 9.21. The van der Waals surface area contributed by atoms with Crippen molar-refractivity contribution in [3.63, 3.8) is 0 Å². The van der Waals surface area contributed by atoms with Gasteiger partial charge in [0.25, 0.3) is 0 Å². The van der Waals surface area contributed by atoms with Crippen LogP contribution in [0.4, 0.5) is 0 Å². The highest BCUT2D eigenvalue weighted by molar-refractivity contribution is 7.99. The van der Waals surface area contributed by atoms with E-state index in [2.05, 4.69) is 0 Å². The lowest BCUT2D eigenvalue weighted by atomic mass is 10.0. The van der Waals surface area contributed by atoms with Gasteiger partial charge in [-0.1, -0.05) is 60.7 Å². The monoisotopic (exact) mass is 361 g/mol. The smallest absolute Gasteiger partial charge is 0.248 e. The number of Topliss-reactive ketones (excluding diaryl/α,β-unsaturated/α-hetero) is 1. The minimum atomic E-state index is -0.454. The molecule has 0 aliphatic carbocycles. The van der Waals surface area contributed by atoms with Gasteiger partial charge in [-0.2, -0.15) is 0 Å². The normalized spacial score (nSPS) is 11.7. The van der Waals surface area contributed by atoms with Gasteiger partial charge in [-0.25, -0.2) is 0 Å². The SMILES string of the molecule is NC(=O)c1ccc(C(CC(=O)c2ccccc2)Sc2ccccc2)cc1. The molecule has 2 N–H and O–H groups in total. The number of thioether (sulfide) groups is 1. The molecule has 3 nitrogen and oxygen atoms in total. The van der Waals surface area contributed by atoms with Gasteiger partial charge in [0.2, 0.25) is 5.91 Å². The Bertz CT molecular complexity index is 877. The molecule has 0 radical (unpaired) electrons. The van der Waals surface area contributed by atoms with Gasteiger partial charge in [-0.05, 0) is 29.8 Å². The molecule has 26 heavy (non-hydrogen) atoms. The minimum absolute atomic E-state index is 0.0490. The van der Waals surface area contributed by atoms with Crippen LogP contribution in [0.5, 0.6) is 0 Å². The van der Waals surface area contributed by atoms with Crippen LogP contribution >= 0.6 is 11.8 Å². The van der Waals surface area contributed by atoms with E-state index in [-0.39, 0.29) is 11.0 Å². The first-order valence-electron chi connectivity index (χ1n) is 8.33. The third-order valence-electron chi connectivity index (χ3n) is 4.06. The molecule has 1 atom stereocenters. The summed E-state index contributed by atoms with van der Waals surface area (Å²) in [4.78, 5) is 25.1. The predicted molar refractivity (Wildman–Crippen MR) is 105 cm³/mol. The van der Waals surface area contributed by atoms with Gasteiger partial charge in [0, 0.05) is 27.7 Å². The molecule has 0 bridgehead atoms. The standard InChI is InChI=1S/C22H19NO2S/c23-22(25)18-13-11-17(12-14-18)21(26-19-9-5-2-6-10-19)15-20(24)16-7-3-1-4-8-16/h1-14,21H,15H2,(H2,23,25). The zero-order valence-corrected chi connectivity index (χ0v) is 15.0. The van der Waals surface area contributed by atoms with Crippen LogP contribution in [0.3, 0.4) is 0 Å². The summed E-state index contributed by atoms with van der Waals surface area (Å²) < 4.78 is 0. The summed E-state index contributed by atoms with van der Waals surface area (Å²) in [6.45, 7) is 0. The molecular formula is C22H19NO2S. The van der Waals surface area contributed by atoms with Crippen LogP contribution < -0.4 is 5.73 Å². The highest BCUT2D eigenvalue weighted by Crippen LogP contribution is 2.38. The van der Waals surface area contributed by atoms with Crippen LogP contribution in [0.15, 0.2) is 89.8 Å². The molecule has 1 amide bonds. The zero-order valence-electron chi connectivity index (χ0n) is 14.2. The molecule has 0 saturated carbocycles. The summed E-state index contributed by atoms with van der Waals surface area (Å²) in [6.07, 6.45) is 0.374. The summed E-state index contributed by atoms with van der Waals surface area (Å²) in [5.41, 5.74) is 7.49. The molecule has 130 valence electrons. The maximum atomic E-state index is 12.7. The number of amides is 1. The Balaban J connectivity index is 1.86. The first kappa shape index (κ1) is 18.0. The van der Waals surface area contributed by atoms with E-state index in [1.54, 1.807) is 23.9 Å². The lowest BCUT2D eigenvalue weighted by molar-refractivity contribution is 0.0978. The number of ketones is 1. The van der Waals surface area contributed by atoms with Gasteiger partial charge >= 0.3 is 0 Å². The molecule has 3 rings (SSSR count). The maximum absolute atomic E-state index is 12.7. The van der Waals surface area contributed by atoms with Gasteiger partial charge in [0.15, 0.2) is 5.78 Å². The molecule has 4 heteroatoms. The Morgan fingerprint density at radius 3 is 1.92 bits per heavy atom. The molecule has 3 aromatic rings. The Morgan fingerprint density at radius 1 is 0.769 bits per heavy atom. The van der Waals surface area contributed by atoms with Crippen LogP contribution in [0.1, 0.15) is 38.0 Å². The number of nitrogens with two attached hydrogens (primary N) is 1. The van der Waals surface area contributed by atoms with E-state index >= 15 is 0 Å². The Labute approximate surface area is 157 Å². The topological polar surface area (TPSA) is 60.2 Å². The number of rotatable bonds is 7. The fourth-order valence-corrected chi connectivity index (χ4v) is 3.83. The third kappa shape index (κ3) is 4.61. The van der Waals surface area contributed by atoms with Crippen molar-refractivity contribution in [3.8, 4) is 0 Å². The van der Waals surface area contributed by atoms with Crippen LogP contribution in [0.2, 0.25) is 0 Å². The first-order chi connectivity index (χ1) is 12.6. The molecule has 0 saturated heterocycles. The van der Waals surface area contributed by atoms with Gasteiger partial charge in [-0.15, -0.1) is 11.8 Å². The van der Waals surface area contributed by atoms with Gasteiger partial charge in [0.1, 0.15) is 0 Å². The van der Waals surface area contributed by atoms with E-state index in [9.17, 15) is 9.59 Å². The van der Waals surface area contributed by atoms with Crippen LogP contribution in [0, 0.1) is 0 Å². The van der Waals surface area contributed by atoms with E-state index in [1.807, 2.05) is 72.8 Å². The van der Waals surface area contributed by atoms with Crippen LogP contribution in [-0.4, -0.2) is 11.7 Å². The van der Waals surface area contributed by atoms with Gasteiger partial charge in [-0.3, -0.25) is 9.59 Å². The summed E-state index contributed by atoms with van der Waals surface area (Å²) in [6, 6.07) is 26.5. The fraction of sp³-hybridized carbons (Fsp3) is 0.0909. The minimum Gasteiger partial charge on any atom is -0.366 e. The van der Waals surface area contributed by atoms with E-state index < -0.39 is 5.91 Å². The Hall–Kier alpha value is -2.85. The molecule has 0 aromatic heterocycles. The molecular weight excluding hydrogens is 342 g/mol. The highest BCUT2D eigenvalue weighted by Gasteiger charge is 2.19. The predicted octanol–water partition coefficient (Wildman–Crippen LogP) is 4.89. The summed E-state index contributed by atoms with van der Waals surface area (Å²) in [5.74, 6) is -0.359. The molecule has 0 spiro atoms. The molecule has 0 aliphatic heterocycles. The average molecular weight is 361 g/mol. The summed E-state index contributed by atoms with van der Waals surface area (Å²) >= 11 is 1.64. The fourth-order valence-electron chi connectivity index (χ4n) is 2.66. The van der Waals surface area contributed by atoms with Crippen molar-refractivity contribution in [2.75, 3.05) is 0 Å². The number of hydrogen-bond acceptors (Lipinski definition) is 3. The number of carbonyl (C=O) groups excluding carboxylic acids is 2. The van der Waals surface area contributed by atoms with E-state index in [1.165, 1.54) is 0 Å². The number of benzene rings is 3. The largest absolute Gasteiger partial charge is 0.366 e. The maximum Gasteiger partial charge on any atom is 0.248 e. The van der Waals surface area contributed by atoms with Crippen molar-refractivity contribution in [3.05, 3.63) is 102 Å². The summed E-state index contributed by atoms with van der Waals surface area (Å²) in [7, 11) is 0. The van der Waals surface area contributed by atoms with Crippen LogP contribution in [-0.2, 0) is 0 Å². The second kappa shape index (κ2) is 8.50. The Kier molecular flexibility index (Phi) is 5.87. The molecule has 0 heterocycles. The molecule has 0 aliphatic rings. The van der Waals surface area contributed by atoms with Crippen LogP contribution in [0.25, 0.3) is 0 Å². The van der Waals surface area contributed by atoms with E-state index in [4.69, 9.17) is 5.73 Å². The third-order valence-corrected chi connectivity index (χ3v) is 5.32. The highest BCUT2D eigenvalue weighted by atomic mass is 32.2. The van der Waals surface area contributed by atoms with Gasteiger partial charge in [0.05, 0.1) is 0 Å². The van der Waals surface area contributed by atoms with Crippen molar-refractivity contribution >= 4 is 23.5 Å². The van der Waals surface area contributed by atoms with Crippen molar-refractivity contribution in [1.82, 2.24) is 0 Å². The quantitative estimate of drug-likeness (QED) is 0.481. The van der Waals surface area contributed by atoms with Crippen molar-refractivity contribution < 1.29 is 9.59 Å². The van der Waals surface area contributed by atoms with E-state index in [0.717, 1.165) is 10.5 Å². The van der Waals surface area contributed by atoms with Crippen molar-refractivity contribution in [1.29, 1.82) is 0 Å². The summed E-state index contributed by atoms with van der Waals surface area (Å²) in [5, 5.41) is -0.0490. The lowest BCUT2D eigenvalue weighted by Crippen LogP contribution is -2.11. The average Bonchev–Trinajstić information content (AvgIpc) is 2.69. The van der Waals surface area contributed by atoms with Gasteiger partial charge < -0.3 is 5.73 Å². The van der Waals surface area contributed by atoms with Crippen molar-refractivity contribution in [2.45, 2.75) is 16.6 Å². The van der Waals surface area contributed by atoms with Crippen molar-refractivity contribution in [2.24, 2.45) is 5.73 Å². The van der Waals surface area contributed by atoms with E-state index in [0.29, 0.717) is 17.5 Å². The number of carbonyl (C=O) groups is 2. The molecule has 3 aromatic carbocycles. The second-order valence-corrected chi connectivity index (χ2v) is 7.18. The second-order valence-electron chi connectivity index (χ2n) is 5.90. The molecule has 0 fully saturated rings. The molecule has 1 unspecified atom stereocenters.